The summed E-state index contributed by atoms with van der Waals surface area (Å²) in [5.74, 6) is -1.37. The molecule has 0 aliphatic heterocycles. The highest BCUT2D eigenvalue weighted by atomic mass is 16.4. The predicted octanol–water partition coefficient (Wildman–Crippen LogP) is 2.59. The van der Waals surface area contributed by atoms with E-state index in [1.165, 1.54) is 10.9 Å². The lowest BCUT2D eigenvalue weighted by Gasteiger charge is -2.26. The van der Waals surface area contributed by atoms with Crippen LogP contribution in [-0.4, -0.2) is 32.0 Å². The Morgan fingerprint density at radius 3 is 2.57 bits per heavy atom. The average molecular weight is 316 g/mol. The molecule has 0 radical (unpaired) electrons. The first-order chi connectivity index (χ1) is 10.7. The van der Waals surface area contributed by atoms with Crippen LogP contribution in [-0.2, 0) is 4.79 Å². The Labute approximate surface area is 134 Å². The minimum atomic E-state index is -1.14. The predicted molar refractivity (Wildman–Crippen MR) is 85.6 cm³/mol. The highest BCUT2D eigenvalue weighted by Gasteiger charge is 2.26. The lowest BCUT2D eigenvalue weighted by molar-refractivity contribution is -0.122. The first-order valence-corrected chi connectivity index (χ1v) is 7.25. The summed E-state index contributed by atoms with van der Waals surface area (Å²) in [6.07, 6.45) is 1.32. The van der Waals surface area contributed by atoms with Gasteiger partial charge in [-0.2, -0.15) is 0 Å². The quantitative estimate of drug-likeness (QED) is 0.903. The average Bonchev–Trinajstić information content (AvgIpc) is 2.95. The van der Waals surface area contributed by atoms with E-state index in [9.17, 15) is 9.59 Å². The Kier molecular flexibility index (Phi) is 4.49. The minimum absolute atomic E-state index is 0.0699. The second-order valence-electron chi connectivity index (χ2n) is 6.48. The van der Waals surface area contributed by atoms with E-state index in [-0.39, 0.29) is 22.9 Å². The summed E-state index contributed by atoms with van der Waals surface area (Å²) in [7, 11) is 0. The molecule has 0 saturated heterocycles. The standard InChI is InChI=1S/C16H20N4O3/c1-10(16(2,3)4)14(21)17-11-6-5-7-12(8-11)20-9-13(15(22)23)18-19-20/h5-10H,1-4H3,(H,17,21)(H,22,23). The fourth-order valence-electron chi connectivity index (χ4n) is 1.86. The number of rotatable bonds is 4. The smallest absolute Gasteiger partial charge is 0.358 e. The van der Waals surface area contributed by atoms with E-state index in [1.54, 1.807) is 24.3 Å². The molecule has 23 heavy (non-hydrogen) atoms. The van der Waals surface area contributed by atoms with Crippen molar-refractivity contribution in [3.63, 3.8) is 0 Å². The Bertz CT molecular complexity index is 731. The Morgan fingerprint density at radius 2 is 2.00 bits per heavy atom. The number of amides is 1. The van der Waals surface area contributed by atoms with Crippen LogP contribution in [0.5, 0.6) is 0 Å². The Hall–Kier alpha value is -2.70. The van der Waals surface area contributed by atoms with Crippen molar-refractivity contribution in [2.45, 2.75) is 27.7 Å². The number of aromatic carboxylic acids is 1. The molecule has 2 rings (SSSR count). The van der Waals surface area contributed by atoms with Gasteiger partial charge in [-0.25, -0.2) is 9.48 Å². The molecule has 122 valence electrons. The number of hydrogen-bond donors (Lipinski definition) is 2. The second-order valence-corrected chi connectivity index (χ2v) is 6.48. The van der Waals surface area contributed by atoms with Gasteiger partial charge in [-0.15, -0.1) is 5.10 Å². The summed E-state index contributed by atoms with van der Waals surface area (Å²) < 4.78 is 1.35. The highest BCUT2D eigenvalue weighted by Crippen LogP contribution is 2.26. The molecule has 1 amide bonds. The Morgan fingerprint density at radius 1 is 1.30 bits per heavy atom. The number of nitrogens with one attached hydrogen (secondary N) is 1. The van der Waals surface area contributed by atoms with Crippen LogP contribution < -0.4 is 5.32 Å². The van der Waals surface area contributed by atoms with Gasteiger partial charge in [-0.05, 0) is 23.6 Å². The summed E-state index contributed by atoms with van der Waals surface area (Å²) in [6.45, 7) is 7.92. The van der Waals surface area contributed by atoms with E-state index < -0.39 is 5.97 Å². The number of carbonyl (C=O) groups excluding carboxylic acids is 1. The molecule has 0 fully saturated rings. The molecule has 1 unspecified atom stereocenters. The van der Waals surface area contributed by atoms with Gasteiger partial charge in [0.05, 0.1) is 11.9 Å². The van der Waals surface area contributed by atoms with Gasteiger partial charge in [0.25, 0.3) is 0 Å². The van der Waals surface area contributed by atoms with Crippen LogP contribution in [0.4, 0.5) is 5.69 Å². The van der Waals surface area contributed by atoms with Gasteiger partial charge >= 0.3 is 5.97 Å². The summed E-state index contributed by atoms with van der Waals surface area (Å²) in [6, 6.07) is 7.00. The lowest BCUT2D eigenvalue weighted by atomic mass is 9.81. The zero-order valence-electron chi connectivity index (χ0n) is 13.6. The maximum atomic E-state index is 12.3. The molecule has 7 heteroatoms. The first-order valence-electron chi connectivity index (χ1n) is 7.25. The number of nitrogens with zero attached hydrogens (tertiary/aromatic N) is 3. The highest BCUT2D eigenvalue weighted by molar-refractivity contribution is 5.93. The summed E-state index contributed by atoms with van der Waals surface area (Å²) in [5, 5.41) is 19.1. The first kappa shape index (κ1) is 16.7. The number of carboxylic acid groups (broad SMARTS) is 1. The van der Waals surface area contributed by atoms with E-state index >= 15 is 0 Å². The molecule has 1 aromatic heterocycles. The van der Waals surface area contributed by atoms with Crippen LogP contribution in [0.15, 0.2) is 30.5 Å². The topological polar surface area (TPSA) is 97.1 Å². The van der Waals surface area contributed by atoms with E-state index in [2.05, 4.69) is 15.6 Å². The fraction of sp³-hybridized carbons (Fsp3) is 0.375. The van der Waals surface area contributed by atoms with Crippen molar-refractivity contribution in [1.82, 2.24) is 15.0 Å². The number of benzene rings is 1. The molecule has 0 saturated carbocycles. The van der Waals surface area contributed by atoms with E-state index in [0.717, 1.165) is 0 Å². The molecular formula is C16H20N4O3. The van der Waals surface area contributed by atoms with Crippen LogP contribution in [0.1, 0.15) is 38.2 Å². The van der Waals surface area contributed by atoms with Crippen molar-refractivity contribution in [2.24, 2.45) is 11.3 Å². The van der Waals surface area contributed by atoms with E-state index in [0.29, 0.717) is 11.4 Å². The van der Waals surface area contributed by atoms with Gasteiger partial charge in [0.1, 0.15) is 0 Å². The lowest BCUT2D eigenvalue weighted by Crippen LogP contribution is -2.30. The third-order valence-corrected chi connectivity index (χ3v) is 3.78. The van der Waals surface area contributed by atoms with Gasteiger partial charge < -0.3 is 10.4 Å². The normalized spacial score (nSPS) is 12.7. The number of carboxylic acids is 1. The Balaban J connectivity index is 2.19. The molecule has 0 spiro atoms. The third-order valence-electron chi connectivity index (χ3n) is 3.78. The second kappa shape index (κ2) is 6.20. The maximum absolute atomic E-state index is 12.3. The molecule has 1 atom stereocenters. The van der Waals surface area contributed by atoms with E-state index in [4.69, 9.17) is 5.11 Å². The van der Waals surface area contributed by atoms with Gasteiger partial charge in [0, 0.05) is 11.6 Å². The van der Waals surface area contributed by atoms with Crippen LogP contribution in [0.2, 0.25) is 0 Å². The SMILES string of the molecule is CC(C(=O)Nc1cccc(-n2cc(C(=O)O)nn2)c1)C(C)(C)C. The van der Waals surface area contributed by atoms with E-state index in [1.807, 2.05) is 27.7 Å². The molecule has 0 aliphatic rings. The molecule has 0 aliphatic carbocycles. The minimum Gasteiger partial charge on any atom is -0.476 e. The zero-order valence-corrected chi connectivity index (χ0v) is 13.6. The number of carbonyl (C=O) groups is 2. The maximum Gasteiger partial charge on any atom is 0.358 e. The van der Waals surface area contributed by atoms with Crippen LogP contribution in [0, 0.1) is 11.3 Å². The van der Waals surface area contributed by atoms with Crippen LogP contribution in [0.25, 0.3) is 5.69 Å². The number of hydrogen-bond acceptors (Lipinski definition) is 4. The molecule has 0 bridgehead atoms. The van der Waals surface area contributed by atoms with Gasteiger partial charge in [-0.3, -0.25) is 4.79 Å². The van der Waals surface area contributed by atoms with Gasteiger partial charge in [-0.1, -0.05) is 39.0 Å². The van der Waals surface area contributed by atoms with Crippen molar-refractivity contribution in [2.75, 3.05) is 5.32 Å². The van der Waals surface area contributed by atoms with Crippen molar-refractivity contribution >= 4 is 17.6 Å². The van der Waals surface area contributed by atoms with Crippen molar-refractivity contribution in [3.8, 4) is 5.69 Å². The molecule has 7 nitrogen and oxygen atoms in total. The molecule has 1 heterocycles. The van der Waals surface area contributed by atoms with Crippen LogP contribution in [0.3, 0.4) is 0 Å². The van der Waals surface area contributed by atoms with Crippen LogP contribution >= 0.6 is 0 Å². The number of anilines is 1. The monoisotopic (exact) mass is 316 g/mol. The zero-order chi connectivity index (χ0) is 17.2. The van der Waals surface area contributed by atoms with Gasteiger partial charge in [0.2, 0.25) is 5.91 Å². The summed E-state index contributed by atoms with van der Waals surface area (Å²) in [4.78, 5) is 23.1. The molecular weight excluding hydrogens is 296 g/mol. The molecule has 2 N–H and O–H groups in total. The molecule has 1 aromatic carbocycles. The fourth-order valence-corrected chi connectivity index (χ4v) is 1.86. The molecule has 2 aromatic rings. The summed E-state index contributed by atoms with van der Waals surface area (Å²) >= 11 is 0. The summed E-state index contributed by atoms with van der Waals surface area (Å²) in [5.41, 5.74) is 0.965. The van der Waals surface area contributed by atoms with Crippen molar-refractivity contribution < 1.29 is 14.7 Å². The van der Waals surface area contributed by atoms with Crippen molar-refractivity contribution in [1.29, 1.82) is 0 Å². The number of aromatic nitrogens is 3. The van der Waals surface area contributed by atoms with Crippen molar-refractivity contribution in [3.05, 3.63) is 36.2 Å². The largest absolute Gasteiger partial charge is 0.476 e. The third kappa shape index (κ3) is 3.94. The van der Waals surface area contributed by atoms with Gasteiger partial charge in [0.15, 0.2) is 5.69 Å².